The highest BCUT2D eigenvalue weighted by molar-refractivity contribution is 6.04. The Morgan fingerprint density at radius 3 is 2.57 bits per heavy atom. The molecule has 1 amide bonds. The molecule has 0 spiro atoms. The van der Waals surface area contributed by atoms with Crippen LogP contribution in [0, 0.1) is 22.9 Å². The van der Waals surface area contributed by atoms with Gasteiger partial charge in [0.05, 0.1) is 10.6 Å². The first kappa shape index (κ1) is 14.4. The van der Waals surface area contributed by atoms with Gasteiger partial charge in [-0.3, -0.25) is 14.9 Å². The van der Waals surface area contributed by atoms with E-state index in [2.05, 4.69) is 5.32 Å². The van der Waals surface area contributed by atoms with Crippen molar-refractivity contribution in [1.29, 1.82) is 0 Å². The van der Waals surface area contributed by atoms with E-state index >= 15 is 0 Å². The van der Waals surface area contributed by atoms with Crippen LogP contribution in [0.2, 0.25) is 0 Å². The van der Waals surface area contributed by atoms with Crippen molar-refractivity contribution in [3.8, 4) is 5.75 Å². The molecule has 0 atom stereocenters. The maximum absolute atomic E-state index is 13.5. The molecule has 0 radical (unpaired) electrons. The third-order valence-corrected chi connectivity index (χ3v) is 2.86. The SMILES string of the molecule is Cc1cc(C(=O)Nc2ccc(O)cc2F)ccc1[N+](=O)[O-]. The smallest absolute Gasteiger partial charge is 0.272 e. The number of nitro groups is 1. The molecule has 0 saturated heterocycles. The number of carbonyl (C=O) groups is 1. The minimum Gasteiger partial charge on any atom is -0.508 e. The van der Waals surface area contributed by atoms with Gasteiger partial charge in [-0.05, 0) is 31.2 Å². The Morgan fingerprint density at radius 1 is 1.29 bits per heavy atom. The first-order valence-electron chi connectivity index (χ1n) is 5.93. The number of hydrogen-bond donors (Lipinski definition) is 2. The highest BCUT2D eigenvalue weighted by Gasteiger charge is 2.15. The molecular formula is C14H11FN2O4. The van der Waals surface area contributed by atoms with Gasteiger partial charge in [-0.2, -0.15) is 0 Å². The second-order valence-electron chi connectivity index (χ2n) is 4.38. The van der Waals surface area contributed by atoms with Crippen molar-refractivity contribution in [3.63, 3.8) is 0 Å². The Morgan fingerprint density at radius 2 is 2.00 bits per heavy atom. The summed E-state index contributed by atoms with van der Waals surface area (Å²) < 4.78 is 13.5. The van der Waals surface area contributed by atoms with Crippen LogP contribution in [0.15, 0.2) is 36.4 Å². The van der Waals surface area contributed by atoms with Crippen molar-refractivity contribution in [3.05, 3.63) is 63.5 Å². The molecule has 6 nitrogen and oxygen atoms in total. The monoisotopic (exact) mass is 290 g/mol. The second-order valence-corrected chi connectivity index (χ2v) is 4.38. The van der Waals surface area contributed by atoms with Crippen molar-refractivity contribution >= 4 is 17.3 Å². The molecule has 0 saturated carbocycles. The predicted octanol–water partition coefficient (Wildman–Crippen LogP) is 3.00. The summed E-state index contributed by atoms with van der Waals surface area (Å²) in [5, 5.41) is 22.1. The number of nitrogens with one attached hydrogen (secondary N) is 1. The summed E-state index contributed by atoms with van der Waals surface area (Å²) in [4.78, 5) is 22.1. The molecule has 2 aromatic rings. The van der Waals surface area contributed by atoms with Crippen LogP contribution in [0.4, 0.5) is 15.8 Å². The van der Waals surface area contributed by atoms with E-state index in [0.29, 0.717) is 5.56 Å². The summed E-state index contributed by atoms with van der Waals surface area (Å²) in [5.41, 5.74) is 0.320. The quantitative estimate of drug-likeness (QED) is 0.516. The van der Waals surface area contributed by atoms with Crippen LogP contribution >= 0.6 is 0 Å². The highest BCUT2D eigenvalue weighted by Crippen LogP contribution is 2.22. The fourth-order valence-electron chi connectivity index (χ4n) is 1.80. The minimum absolute atomic E-state index is 0.0891. The van der Waals surface area contributed by atoms with E-state index < -0.39 is 16.6 Å². The Hall–Kier alpha value is -2.96. The summed E-state index contributed by atoms with van der Waals surface area (Å²) in [5.74, 6) is -1.63. The molecular weight excluding hydrogens is 279 g/mol. The van der Waals surface area contributed by atoms with Gasteiger partial charge in [0, 0.05) is 23.3 Å². The van der Waals surface area contributed by atoms with Crippen LogP contribution in [-0.4, -0.2) is 15.9 Å². The molecule has 108 valence electrons. The summed E-state index contributed by atoms with van der Waals surface area (Å²) in [6.45, 7) is 1.51. The minimum atomic E-state index is -0.776. The largest absolute Gasteiger partial charge is 0.508 e. The number of phenolic OH excluding ortho intramolecular Hbond substituents is 1. The molecule has 0 aliphatic carbocycles. The number of nitrogens with zero attached hydrogens (tertiary/aromatic N) is 1. The number of hydrogen-bond acceptors (Lipinski definition) is 4. The fraction of sp³-hybridized carbons (Fsp3) is 0.0714. The molecule has 0 aliphatic heterocycles. The van der Waals surface area contributed by atoms with Gasteiger partial charge in [0.1, 0.15) is 11.6 Å². The van der Waals surface area contributed by atoms with Gasteiger partial charge in [0.2, 0.25) is 0 Å². The molecule has 0 aromatic heterocycles. The molecule has 7 heteroatoms. The third kappa shape index (κ3) is 3.14. The maximum Gasteiger partial charge on any atom is 0.272 e. The Kier molecular flexibility index (Phi) is 3.84. The number of rotatable bonds is 3. The molecule has 0 heterocycles. The van der Waals surface area contributed by atoms with Gasteiger partial charge >= 0.3 is 0 Å². The van der Waals surface area contributed by atoms with Crippen molar-refractivity contribution in [1.82, 2.24) is 0 Å². The van der Waals surface area contributed by atoms with Crippen LogP contribution in [0.3, 0.4) is 0 Å². The van der Waals surface area contributed by atoms with Crippen LogP contribution in [0.25, 0.3) is 0 Å². The lowest BCUT2D eigenvalue weighted by atomic mass is 10.1. The van der Waals surface area contributed by atoms with Crippen LogP contribution in [0.1, 0.15) is 15.9 Å². The van der Waals surface area contributed by atoms with Crippen LogP contribution < -0.4 is 5.32 Å². The molecule has 21 heavy (non-hydrogen) atoms. The molecule has 2 aromatic carbocycles. The highest BCUT2D eigenvalue weighted by atomic mass is 19.1. The number of phenols is 1. The lowest BCUT2D eigenvalue weighted by molar-refractivity contribution is -0.385. The number of halogens is 1. The Bertz CT molecular complexity index is 731. The molecule has 2 rings (SSSR count). The van der Waals surface area contributed by atoms with E-state index in [1.807, 2.05) is 0 Å². The van der Waals surface area contributed by atoms with Crippen molar-refractivity contribution < 1.29 is 19.2 Å². The standard InChI is InChI=1S/C14H11FN2O4/c1-8-6-9(2-5-13(8)17(20)21)14(19)16-12-4-3-10(18)7-11(12)15/h2-7,18H,1H3,(H,16,19). The van der Waals surface area contributed by atoms with Crippen molar-refractivity contribution in [2.45, 2.75) is 6.92 Å². The second kappa shape index (κ2) is 5.58. The van der Waals surface area contributed by atoms with E-state index in [4.69, 9.17) is 5.11 Å². The zero-order valence-corrected chi connectivity index (χ0v) is 11.0. The van der Waals surface area contributed by atoms with E-state index in [1.54, 1.807) is 0 Å². The number of benzene rings is 2. The predicted molar refractivity (Wildman–Crippen MR) is 73.9 cm³/mol. The van der Waals surface area contributed by atoms with Gasteiger partial charge in [-0.25, -0.2) is 4.39 Å². The average molecular weight is 290 g/mol. The zero-order chi connectivity index (χ0) is 15.6. The van der Waals surface area contributed by atoms with E-state index in [1.165, 1.54) is 37.3 Å². The lowest BCUT2D eigenvalue weighted by Crippen LogP contribution is -2.13. The fourth-order valence-corrected chi connectivity index (χ4v) is 1.80. The first-order valence-corrected chi connectivity index (χ1v) is 5.93. The average Bonchev–Trinajstić information content (AvgIpc) is 2.41. The van der Waals surface area contributed by atoms with Gasteiger partial charge in [0.15, 0.2) is 0 Å². The topological polar surface area (TPSA) is 92.5 Å². The first-order chi connectivity index (χ1) is 9.88. The summed E-state index contributed by atoms with van der Waals surface area (Å²) in [6, 6.07) is 7.19. The summed E-state index contributed by atoms with van der Waals surface area (Å²) >= 11 is 0. The van der Waals surface area contributed by atoms with Crippen LogP contribution in [-0.2, 0) is 0 Å². The molecule has 0 aliphatic rings. The van der Waals surface area contributed by atoms with Gasteiger partial charge in [-0.15, -0.1) is 0 Å². The lowest BCUT2D eigenvalue weighted by Gasteiger charge is -2.07. The number of nitro benzene ring substituents is 1. The number of carbonyl (C=O) groups excluding carboxylic acids is 1. The van der Waals surface area contributed by atoms with Crippen molar-refractivity contribution in [2.75, 3.05) is 5.32 Å². The maximum atomic E-state index is 13.5. The number of aromatic hydroxyl groups is 1. The molecule has 0 bridgehead atoms. The molecule has 0 unspecified atom stereocenters. The Labute approximate surface area is 119 Å². The summed E-state index contributed by atoms with van der Waals surface area (Å²) in [6.07, 6.45) is 0. The normalized spacial score (nSPS) is 10.2. The number of anilines is 1. The van der Waals surface area contributed by atoms with E-state index in [-0.39, 0.29) is 22.7 Å². The molecule has 2 N–H and O–H groups in total. The van der Waals surface area contributed by atoms with Crippen LogP contribution in [0.5, 0.6) is 5.75 Å². The number of aryl methyl sites for hydroxylation is 1. The third-order valence-electron chi connectivity index (χ3n) is 2.86. The summed E-state index contributed by atoms with van der Waals surface area (Å²) in [7, 11) is 0. The molecule has 0 fully saturated rings. The number of amides is 1. The van der Waals surface area contributed by atoms with E-state index in [0.717, 1.165) is 6.07 Å². The zero-order valence-electron chi connectivity index (χ0n) is 11.0. The van der Waals surface area contributed by atoms with Gasteiger partial charge < -0.3 is 10.4 Å². The van der Waals surface area contributed by atoms with Crippen molar-refractivity contribution in [2.24, 2.45) is 0 Å². The van der Waals surface area contributed by atoms with Gasteiger partial charge in [-0.1, -0.05) is 0 Å². The van der Waals surface area contributed by atoms with E-state index in [9.17, 15) is 19.3 Å². The Balaban J connectivity index is 2.24. The van der Waals surface area contributed by atoms with Gasteiger partial charge in [0.25, 0.3) is 11.6 Å².